The zero-order valence-electron chi connectivity index (χ0n) is 15.4. The molecule has 0 radical (unpaired) electrons. The molecular formula is C21H14N4O5. The van der Waals surface area contributed by atoms with E-state index in [9.17, 15) is 25.0 Å². The molecule has 9 heteroatoms. The average molecular weight is 402 g/mol. The number of rotatable bonds is 6. The minimum absolute atomic E-state index is 0.00478. The van der Waals surface area contributed by atoms with Crippen LogP contribution >= 0.6 is 0 Å². The standard InChI is InChI=1S/C21H14N4O5/c22-13-15(20(26)23-16-5-1-4-14(10-16)21(27)28)11-17-8-3-9-24(17)18-6-2-7-19(12-18)25(29)30/h1-12H,(H,23,26)(H,27,28). The topological polar surface area (TPSA) is 138 Å². The monoisotopic (exact) mass is 402 g/mol. The summed E-state index contributed by atoms with van der Waals surface area (Å²) in [6.45, 7) is 0. The number of nitriles is 1. The third kappa shape index (κ3) is 4.40. The number of benzene rings is 2. The molecule has 30 heavy (non-hydrogen) atoms. The molecule has 0 aliphatic rings. The van der Waals surface area contributed by atoms with Crippen molar-refractivity contribution in [3.63, 3.8) is 0 Å². The second kappa shape index (κ2) is 8.53. The van der Waals surface area contributed by atoms with Gasteiger partial charge in [0.2, 0.25) is 0 Å². The van der Waals surface area contributed by atoms with Gasteiger partial charge in [-0.3, -0.25) is 14.9 Å². The van der Waals surface area contributed by atoms with Crippen molar-refractivity contribution in [3.8, 4) is 11.8 Å². The lowest BCUT2D eigenvalue weighted by Gasteiger charge is -2.08. The molecule has 0 aliphatic heterocycles. The molecule has 0 saturated heterocycles. The second-order valence-electron chi connectivity index (χ2n) is 6.09. The molecule has 148 valence electrons. The van der Waals surface area contributed by atoms with Gasteiger partial charge >= 0.3 is 5.97 Å². The maximum absolute atomic E-state index is 12.5. The molecule has 0 unspecified atom stereocenters. The Morgan fingerprint density at radius 1 is 1.13 bits per heavy atom. The van der Waals surface area contributed by atoms with Gasteiger partial charge in [0.15, 0.2) is 0 Å². The number of hydrogen-bond acceptors (Lipinski definition) is 5. The van der Waals surface area contributed by atoms with Gasteiger partial charge < -0.3 is 15.0 Å². The number of non-ortho nitro benzene ring substituents is 1. The number of nitrogens with zero attached hydrogens (tertiary/aromatic N) is 3. The van der Waals surface area contributed by atoms with Crippen molar-refractivity contribution in [2.75, 3.05) is 5.32 Å². The van der Waals surface area contributed by atoms with E-state index in [4.69, 9.17) is 5.11 Å². The molecule has 0 atom stereocenters. The van der Waals surface area contributed by atoms with Gasteiger partial charge in [0.1, 0.15) is 11.6 Å². The van der Waals surface area contributed by atoms with Crippen LogP contribution in [0, 0.1) is 21.4 Å². The molecule has 0 aliphatic carbocycles. The fraction of sp³-hybridized carbons (Fsp3) is 0. The number of nitro groups is 1. The number of carboxylic acid groups (broad SMARTS) is 1. The number of hydrogen-bond donors (Lipinski definition) is 2. The smallest absolute Gasteiger partial charge is 0.335 e. The van der Waals surface area contributed by atoms with Gasteiger partial charge in [0.25, 0.3) is 11.6 Å². The lowest BCUT2D eigenvalue weighted by Crippen LogP contribution is -2.14. The zero-order chi connectivity index (χ0) is 21.7. The Bertz CT molecular complexity index is 1220. The maximum Gasteiger partial charge on any atom is 0.335 e. The SMILES string of the molecule is N#CC(=Cc1cccn1-c1cccc([N+](=O)[O-])c1)C(=O)Nc1cccc(C(=O)O)c1. The molecule has 0 bridgehead atoms. The highest BCUT2D eigenvalue weighted by Crippen LogP contribution is 2.21. The highest BCUT2D eigenvalue weighted by atomic mass is 16.6. The van der Waals surface area contributed by atoms with Crippen molar-refractivity contribution < 1.29 is 19.6 Å². The third-order valence-corrected chi connectivity index (χ3v) is 4.12. The lowest BCUT2D eigenvalue weighted by molar-refractivity contribution is -0.384. The van der Waals surface area contributed by atoms with Gasteiger partial charge in [-0.1, -0.05) is 12.1 Å². The number of aromatic carboxylic acids is 1. The Morgan fingerprint density at radius 2 is 1.90 bits per heavy atom. The molecule has 3 rings (SSSR count). The number of anilines is 1. The van der Waals surface area contributed by atoms with Gasteiger partial charge in [-0.15, -0.1) is 0 Å². The molecule has 2 aromatic carbocycles. The second-order valence-corrected chi connectivity index (χ2v) is 6.09. The van der Waals surface area contributed by atoms with Crippen LogP contribution in [0.2, 0.25) is 0 Å². The first kappa shape index (κ1) is 20.0. The van der Waals surface area contributed by atoms with Crippen molar-refractivity contribution in [2.24, 2.45) is 0 Å². The van der Waals surface area contributed by atoms with Crippen LogP contribution in [-0.2, 0) is 4.79 Å². The Balaban J connectivity index is 1.90. The maximum atomic E-state index is 12.5. The first-order valence-corrected chi connectivity index (χ1v) is 8.58. The molecule has 1 heterocycles. The number of carbonyl (C=O) groups excluding carboxylic acids is 1. The minimum atomic E-state index is -1.14. The Hall–Kier alpha value is -4.71. The van der Waals surface area contributed by atoms with E-state index in [2.05, 4.69) is 5.32 Å². The lowest BCUT2D eigenvalue weighted by atomic mass is 10.1. The van der Waals surface area contributed by atoms with Gasteiger partial charge in [-0.25, -0.2) is 4.79 Å². The van der Waals surface area contributed by atoms with Gasteiger partial charge in [0, 0.05) is 29.7 Å². The quantitative estimate of drug-likeness (QED) is 0.279. The first-order valence-electron chi connectivity index (χ1n) is 8.58. The summed E-state index contributed by atoms with van der Waals surface area (Å²) in [5.74, 6) is -1.86. The van der Waals surface area contributed by atoms with Crippen molar-refractivity contribution in [2.45, 2.75) is 0 Å². The summed E-state index contributed by atoms with van der Waals surface area (Å²) in [5.41, 5.74) is 0.868. The number of nitro benzene ring substituents is 1. The number of carbonyl (C=O) groups is 2. The number of carboxylic acids is 1. The van der Waals surface area contributed by atoms with E-state index >= 15 is 0 Å². The van der Waals surface area contributed by atoms with Crippen LogP contribution in [-0.4, -0.2) is 26.5 Å². The van der Waals surface area contributed by atoms with E-state index in [0.29, 0.717) is 11.4 Å². The van der Waals surface area contributed by atoms with Crippen molar-refractivity contribution in [1.82, 2.24) is 4.57 Å². The molecule has 1 aromatic heterocycles. The summed E-state index contributed by atoms with van der Waals surface area (Å²) in [5, 5.41) is 32.0. The molecule has 0 spiro atoms. The van der Waals surface area contributed by atoms with E-state index in [-0.39, 0.29) is 22.5 Å². The van der Waals surface area contributed by atoms with Crippen LogP contribution in [0.25, 0.3) is 11.8 Å². The highest BCUT2D eigenvalue weighted by molar-refractivity contribution is 6.09. The van der Waals surface area contributed by atoms with Gasteiger partial charge in [-0.2, -0.15) is 5.26 Å². The van der Waals surface area contributed by atoms with E-state index in [1.54, 1.807) is 29.0 Å². The van der Waals surface area contributed by atoms with Crippen LogP contribution in [0.15, 0.2) is 72.4 Å². The van der Waals surface area contributed by atoms with E-state index < -0.39 is 16.8 Å². The molecule has 2 N–H and O–H groups in total. The molecule has 1 amide bonds. The molecule has 0 saturated carbocycles. The summed E-state index contributed by atoms with van der Waals surface area (Å²) >= 11 is 0. The van der Waals surface area contributed by atoms with Crippen LogP contribution in [0.1, 0.15) is 16.1 Å². The zero-order valence-corrected chi connectivity index (χ0v) is 15.4. The van der Waals surface area contributed by atoms with E-state index in [1.807, 2.05) is 6.07 Å². The minimum Gasteiger partial charge on any atom is -0.478 e. The van der Waals surface area contributed by atoms with E-state index in [0.717, 1.165) is 0 Å². The molecule has 9 nitrogen and oxygen atoms in total. The molecular weight excluding hydrogens is 388 g/mol. The number of amides is 1. The summed E-state index contributed by atoms with van der Waals surface area (Å²) in [4.78, 5) is 34.1. The summed E-state index contributed by atoms with van der Waals surface area (Å²) in [6.07, 6.45) is 2.99. The van der Waals surface area contributed by atoms with Crippen LogP contribution in [0.5, 0.6) is 0 Å². The Kier molecular flexibility index (Phi) is 5.70. The van der Waals surface area contributed by atoms with Crippen LogP contribution in [0.4, 0.5) is 11.4 Å². The Labute approximate surface area is 170 Å². The summed E-state index contributed by atoms with van der Waals surface area (Å²) in [7, 11) is 0. The summed E-state index contributed by atoms with van der Waals surface area (Å²) in [6, 6.07) is 16.7. The van der Waals surface area contributed by atoms with E-state index in [1.165, 1.54) is 48.5 Å². The van der Waals surface area contributed by atoms with Gasteiger partial charge in [0.05, 0.1) is 16.2 Å². The van der Waals surface area contributed by atoms with Crippen LogP contribution in [0.3, 0.4) is 0 Å². The van der Waals surface area contributed by atoms with Crippen LogP contribution < -0.4 is 5.32 Å². The third-order valence-electron chi connectivity index (χ3n) is 4.12. The van der Waals surface area contributed by atoms with Crippen molar-refractivity contribution >= 4 is 29.3 Å². The first-order chi connectivity index (χ1) is 14.4. The fourth-order valence-electron chi connectivity index (χ4n) is 2.73. The van der Waals surface area contributed by atoms with Crippen molar-refractivity contribution in [1.29, 1.82) is 5.26 Å². The van der Waals surface area contributed by atoms with Gasteiger partial charge in [-0.05, 0) is 42.5 Å². The predicted octanol–water partition coefficient (Wildman–Crippen LogP) is 3.63. The highest BCUT2D eigenvalue weighted by Gasteiger charge is 2.13. The number of nitrogens with one attached hydrogen (secondary N) is 1. The average Bonchev–Trinajstić information content (AvgIpc) is 3.20. The Morgan fingerprint density at radius 3 is 2.60 bits per heavy atom. The molecule has 0 fully saturated rings. The summed E-state index contributed by atoms with van der Waals surface area (Å²) < 4.78 is 1.60. The predicted molar refractivity (Wildman–Crippen MR) is 108 cm³/mol. The van der Waals surface area contributed by atoms with Crippen molar-refractivity contribution in [3.05, 3.63) is 93.8 Å². The molecule has 3 aromatic rings. The largest absolute Gasteiger partial charge is 0.478 e. The normalized spacial score (nSPS) is 10.8. The number of aromatic nitrogens is 1. The fourth-order valence-corrected chi connectivity index (χ4v) is 2.73.